The van der Waals surface area contributed by atoms with Crippen molar-refractivity contribution < 1.29 is 4.74 Å². The minimum atomic E-state index is -0.450. The summed E-state index contributed by atoms with van der Waals surface area (Å²) in [6, 6.07) is 29.3. The van der Waals surface area contributed by atoms with E-state index in [0.29, 0.717) is 0 Å². The minimum Gasteiger partial charge on any atom is -0.356 e. The third kappa shape index (κ3) is 3.04. The molecular weight excluding hydrogens is 318 g/mol. The van der Waals surface area contributed by atoms with Gasteiger partial charge in [-0.3, -0.25) is 0 Å². The molecule has 2 atom stereocenters. The molecule has 0 spiro atoms. The lowest BCUT2D eigenvalue weighted by atomic mass is 9.81. The third-order valence-corrected chi connectivity index (χ3v) is 4.99. The van der Waals surface area contributed by atoms with Crippen molar-refractivity contribution >= 4 is 11.8 Å². The number of hydrogen-bond acceptors (Lipinski definition) is 2. The van der Waals surface area contributed by atoms with Crippen LogP contribution in [0.5, 0.6) is 0 Å². The van der Waals surface area contributed by atoms with E-state index in [1.54, 1.807) is 0 Å². The van der Waals surface area contributed by atoms with E-state index in [0.717, 1.165) is 12.1 Å². The predicted molar refractivity (Wildman–Crippen MR) is 108 cm³/mol. The zero-order chi connectivity index (χ0) is 17.8. The van der Waals surface area contributed by atoms with Crippen LogP contribution >= 0.6 is 0 Å². The molecule has 3 aromatic rings. The molecule has 1 aliphatic rings. The number of hydrogen-bond donors (Lipinski definition) is 1. The quantitative estimate of drug-likeness (QED) is 0.645. The van der Waals surface area contributed by atoms with Crippen molar-refractivity contribution in [2.45, 2.75) is 25.2 Å². The monoisotopic (exact) mass is 341 g/mol. The van der Waals surface area contributed by atoms with E-state index in [4.69, 9.17) is 4.74 Å². The molecule has 0 amide bonds. The fourth-order valence-electron chi connectivity index (χ4n) is 3.68. The maximum absolute atomic E-state index is 6.66. The molecule has 1 heterocycles. The van der Waals surface area contributed by atoms with E-state index in [1.165, 1.54) is 16.7 Å². The van der Waals surface area contributed by atoms with Gasteiger partial charge in [0.05, 0.1) is 0 Å². The number of ether oxygens (including phenoxy) is 1. The molecule has 0 aliphatic carbocycles. The standard InChI is InChI=1S/C24H23NO/c1-2-24(20-13-7-4-8-14-20)21-15-9-10-16-22(21)25-23(26-24)18-17-19-11-5-3-6-12-19/h3-18,23,25H,2H2,1H3/b18-17+/t23-,24-/m1/s1. The summed E-state index contributed by atoms with van der Waals surface area (Å²) in [5, 5.41) is 3.52. The van der Waals surface area contributed by atoms with Crippen LogP contribution in [0, 0.1) is 0 Å². The molecule has 0 unspecified atom stereocenters. The summed E-state index contributed by atoms with van der Waals surface area (Å²) in [6.45, 7) is 2.19. The molecule has 4 rings (SSSR count). The molecule has 26 heavy (non-hydrogen) atoms. The van der Waals surface area contributed by atoms with Crippen molar-refractivity contribution in [1.82, 2.24) is 0 Å². The van der Waals surface area contributed by atoms with E-state index in [1.807, 2.05) is 24.3 Å². The molecule has 0 radical (unpaired) electrons. The zero-order valence-electron chi connectivity index (χ0n) is 14.9. The predicted octanol–water partition coefficient (Wildman–Crippen LogP) is 5.82. The average Bonchev–Trinajstić information content (AvgIpc) is 2.73. The smallest absolute Gasteiger partial charge is 0.149 e. The van der Waals surface area contributed by atoms with Crippen LogP contribution in [0.3, 0.4) is 0 Å². The fraction of sp³-hybridized carbons (Fsp3) is 0.167. The molecule has 130 valence electrons. The Morgan fingerprint density at radius 3 is 2.27 bits per heavy atom. The number of fused-ring (bicyclic) bond motifs is 1. The van der Waals surface area contributed by atoms with Crippen LogP contribution < -0.4 is 5.32 Å². The van der Waals surface area contributed by atoms with Gasteiger partial charge in [0.25, 0.3) is 0 Å². The number of nitrogens with one attached hydrogen (secondary N) is 1. The Bertz CT molecular complexity index is 888. The summed E-state index contributed by atoms with van der Waals surface area (Å²) in [7, 11) is 0. The third-order valence-electron chi connectivity index (χ3n) is 4.99. The highest BCUT2D eigenvalue weighted by Gasteiger charge is 2.40. The topological polar surface area (TPSA) is 21.3 Å². The van der Waals surface area contributed by atoms with Gasteiger partial charge in [0, 0.05) is 11.3 Å². The van der Waals surface area contributed by atoms with Gasteiger partial charge in [-0.1, -0.05) is 91.9 Å². The molecule has 0 aromatic heterocycles. The maximum Gasteiger partial charge on any atom is 0.149 e. The van der Waals surface area contributed by atoms with Crippen LogP contribution in [0.1, 0.15) is 30.0 Å². The Hall–Kier alpha value is -2.84. The molecule has 2 heteroatoms. The van der Waals surface area contributed by atoms with Gasteiger partial charge in [-0.2, -0.15) is 0 Å². The molecule has 3 aromatic carbocycles. The van der Waals surface area contributed by atoms with E-state index in [2.05, 4.69) is 85.1 Å². The number of benzene rings is 3. The van der Waals surface area contributed by atoms with E-state index in [9.17, 15) is 0 Å². The minimum absolute atomic E-state index is 0.190. The molecule has 2 nitrogen and oxygen atoms in total. The zero-order valence-corrected chi connectivity index (χ0v) is 14.9. The normalized spacial score (nSPS) is 22.0. The summed E-state index contributed by atoms with van der Waals surface area (Å²) in [4.78, 5) is 0. The van der Waals surface area contributed by atoms with Crippen molar-refractivity contribution in [3.8, 4) is 0 Å². The molecule has 0 fully saturated rings. The van der Waals surface area contributed by atoms with Crippen LogP contribution in [-0.4, -0.2) is 6.23 Å². The summed E-state index contributed by atoms with van der Waals surface area (Å²) in [5.74, 6) is 0. The molecule has 1 N–H and O–H groups in total. The Balaban J connectivity index is 1.75. The van der Waals surface area contributed by atoms with Crippen LogP contribution in [0.2, 0.25) is 0 Å². The maximum atomic E-state index is 6.66. The lowest BCUT2D eigenvalue weighted by molar-refractivity contribution is -0.0506. The lowest BCUT2D eigenvalue weighted by Crippen LogP contribution is -2.42. The first-order valence-electron chi connectivity index (χ1n) is 9.14. The first kappa shape index (κ1) is 16.6. The largest absolute Gasteiger partial charge is 0.356 e. The highest BCUT2D eigenvalue weighted by molar-refractivity contribution is 5.61. The van der Waals surface area contributed by atoms with Gasteiger partial charge in [-0.15, -0.1) is 0 Å². The second-order valence-corrected chi connectivity index (χ2v) is 6.54. The SMILES string of the molecule is CC[C@]1(c2ccccc2)O[C@H](/C=C/c2ccccc2)Nc2ccccc21. The second-order valence-electron chi connectivity index (χ2n) is 6.54. The average molecular weight is 341 g/mol. The van der Waals surface area contributed by atoms with Crippen LogP contribution in [0.4, 0.5) is 5.69 Å². The Kier molecular flexibility index (Phi) is 4.59. The number of rotatable bonds is 4. The molecule has 1 aliphatic heterocycles. The van der Waals surface area contributed by atoms with E-state index in [-0.39, 0.29) is 6.23 Å². The van der Waals surface area contributed by atoms with Crippen LogP contribution in [0.15, 0.2) is 91.0 Å². The van der Waals surface area contributed by atoms with Gasteiger partial charge < -0.3 is 10.1 Å². The van der Waals surface area contributed by atoms with Crippen LogP contribution in [-0.2, 0) is 10.3 Å². The van der Waals surface area contributed by atoms with Crippen molar-refractivity contribution in [2.75, 3.05) is 5.32 Å². The second kappa shape index (κ2) is 7.19. The summed E-state index contributed by atoms with van der Waals surface area (Å²) < 4.78 is 6.66. The Morgan fingerprint density at radius 1 is 0.885 bits per heavy atom. The van der Waals surface area contributed by atoms with E-state index < -0.39 is 5.60 Å². The van der Waals surface area contributed by atoms with Gasteiger partial charge in [0.2, 0.25) is 0 Å². The van der Waals surface area contributed by atoms with Gasteiger partial charge in [0.1, 0.15) is 11.8 Å². The first-order valence-corrected chi connectivity index (χ1v) is 9.14. The number of anilines is 1. The molecular formula is C24H23NO. The van der Waals surface area contributed by atoms with Crippen molar-refractivity contribution in [1.29, 1.82) is 0 Å². The molecule has 0 bridgehead atoms. The summed E-state index contributed by atoms with van der Waals surface area (Å²) in [6.07, 6.45) is 4.88. The lowest BCUT2D eigenvalue weighted by Gasteiger charge is -2.42. The van der Waals surface area contributed by atoms with Crippen molar-refractivity contribution in [2.24, 2.45) is 0 Å². The number of para-hydroxylation sites is 1. The van der Waals surface area contributed by atoms with Crippen LogP contribution in [0.25, 0.3) is 6.08 Å². The molecule has 0 saturated carbocycles. The van der Waals surface area contributed by atoms with Crippen molar-refractivity contribution in [3.63, 3.8) is 0 Å². The first-order chi connectivity index (χ1) is 12.8. The van der Waals surface area contributed by atoms with Gasteiger partial charge in [0.15, 0.2) is 0 Å². The highest BCUT2D eigenvalue weighted by Crippen LogP contribution is 2.44. The van der Waals surface area contributed by atoms with Crippen molar-refractivity contribution in [3.05, 3.63) is 108 Å². The summed E-state index contributed by atoms with van der Waals surface area (Å²) in [5.41, 5.74) is 4.23. The Morgan fingerprint density at radius 2 is 1.54 bits per heavy atom. The molecule has 0 saturated heterocycles. The highest BCUT2D eigenvalue weighted by atomic mass is 16.5. The van der Waals surface area contributed by atoms with Gasteiger partial charge >= 0.3 is 0 Å². The van der Waals surface area contributed by atoms with Gasteiger partial charge in [-0.05, 0) is 29.7 Å². The fourth-order valence-corrected chi connectivity index (χ4v) is 3.68. The Labute approximate surface area is 155 Å². The van der Waals surface area contributed by atoms with Gasteiger partial charge in [-0.25, -0.2) is 0 Å². The summed E-state index contributed by atoms with van der Waals surface area (Å²) >= 11 is 0. The van der Waals surface area contributed by atoms with E-state index >= 15 is 0 Å².